The van der Waals surface area contributed by atoms with E-state index in [1.54, 1.807) is 0 Å². The summed E-state index contributed by atoms with van der Waals surface area (Å²) in [5.41, 5.74) is 13.2. The van der Waals surface area contributed by atoms with Crippen LogP contribution in [0.3, 0.4) is 0 Å². The molecule has 15 heavy (non-hydrogen) atoms. The minimum Gasteiger partial charge on any atom is -0.748 e. The van der Waals surface area contributed by atoms with Gasteiger partial charge in [-0.1, -0.05) is 0 Å². The van der Waals surface area contributed by atoms with Crippen molar-refractivity contribution in [3.8, 4) is 0 Å². The van der Waals surface area contributed by atoms with Crippen LogP contribution in [0, 0.1) is 0 Å². The van der Waals surface area contributed by atoms with E-state index in [4.69, 9.17) is 11.5 Å². The topological polar surface area (TPSA) is 52.0 Å². The van der Waals surface area contributed by atoms with Gasteiger partial charge >= 0.3 is 0 Å². The van der Waals surface area contributed by atoms with Crippen molar-refractivity contribution in [3.05, 3.63) is 59.7 Å². The van der Waals surface area contributed by atoms with Crippen molar-refractivity contribution in [2.75, 3.05) is 0 Å². The standard InChI is InChI=1S/C7H11N2.C5H5.Fe/c8-4-6-2-1-3-7(6)5-9;1-2-4-5-3-1;/h1-3H,4-5,8-9H2;1-5H;/q-1;-5;. The first-order valence-electron chi connectivity index (χ1n) is 4.68. The largest absolute Gasteiger partial charge is 0.748 e. The van der Waals surface area contributed by atoms with Crippen LogP contribution in [0.5, 0.6) is 0 Å². The summed E-state index contributed by atoms with van der Waals surface area (Å²) in [5, 5.41) is 0. The molecule has 0 radical (unpaired) electrons. The molecule has 0 bridgehead atoms. The average molecular weight is 244 g/mol. The van der Waals surface area contributed by atoms with Crippen molar-refractivity contribution in [1.82, 2.24) is 0 Å². The van der Waals surface area contributed by atoms with Gasteiger partial charge in [0.15, 0.2) is 0 Å². The molecule has 2 aromatic rings. The minimum absolute atomic E-state index is 0. The maximum absolute atomic E-state index is 5.42. The van der Waals surface area contributed by atoms with Crippen LogP contribution in [0.25, 0.3) is 0 Å². The van der Waals surface area contributed by atoms with Gasteiger partial charge in [-0.15, -0.1) is 5.56 Å². The molecule has 0 unspecified atom stereocenters. The molecule has 4 N–H and O–H groups in total. The molecule has 0 amide bonds. The molecule has 0 saturated carbocycles. The Morgan fingerprint density at radius 1 is 1.07 bits per heavy atom. The summed E-state index contributed by atoms with van der Waals surface area (Å²) >= 11 is 0. The van der Waals surface area contributed by atoms with E-state index in [2.05, 4.69) is 0 Å². The Balaban J connectivity index is 0.000000280. The maximum atomic E-state index is 5.42. The number of hydrogen-bond acceptors (Lipinski definition) is 2. The third kappa shape index (κ3) is 4.96. The first-order valence-corrected chi connectivity index (χ1v) is 4.68. The van der Waals surface area contributed by atoms with Crippen LogP contribution in [0.4, 0.5) is 0 Å². The number of nitrogens with two attached hydrogens (primary N) is 2. The summed E-state index contributed by atoms with van der Waals surface area (Å²) in [5.74, 6) is 0. The van der Waals surface area contributed by atoms with E-state index in [0.717, 1.165) is 11.1 Å². The molecular weight excluding hydrogens is 228 g/mol. The fourth-order valence-electron chi connectivity index (χ4n) is 1.21. The van der Waals surface area contributed by atoms with Crippen LogP contribution in [0.1, 0.15) is 11.1 Å². The first-order chi connectivity index (χ1) is 6.88. The third-order valence-electron chi connectivity index (χ3n) is 2.00. The van der Waals surface area contributed by atoms with Gasteiger partial charge in [0.2, 0.25) is 0 Å². The molecule has 0 aliphatic rings. The van der Waals surface area contributed by atoms with Crippen molar-refractivity contribution in [3.63, 3.8) is 0 Å². The quantitative estimate of drug-likeness (QED) is 0.624. The van der Waals surface area contributed by atoms with Crippen molar-refractivity contribution in [2.45, 2.75) is 13.1 Å². The molecule has 0 aliphatic heterocycles. The predicted octanol–water partition coefficient (Wildman–Crippen LogP) is 1.73. The van der Waals surface area contributed by atoms with Crippen LogP contribution in [-0.4, -0.2) is 0 Å². The Hall–Kier alpha value is -0.861. The first kappa shape index (κ1) is 14.1. The Labute approximate surface area is 101 Å². The number of hydrogen-bond donors (Lipinski definition) is 2. The minimum atomic E-state index is 0. The van der Waals surface area contributed by atoms with Crippen molar-refractivity contribution >= 4 is 0 Å². The summed E-state index contributed by atoms with van der Waals surface area (Å²) < 4.78 is 0. The van der Waals surface area contributed by atoms with Crippen molar-refractivity contribution in [2.24, 2.45) is 11.5 Å². The van der Waals surface area contributed by atoms with Gasteiger partial charge in [-0.3, -0.25) is 0 Å². The molecule has 0 spiro atoms. The van der Waals surface area contributed by atoms with Gasteiger partial charge in [-0.25, -0.2) is 12.1 Å². The van der Waals surface area contributed by atoms with Crippen LogP contribution >= 0.6 is 0 Å². The fourth-order valence-corrected chi connectivity index (χ4v) is 1.21. The zero-order valence-corrected chi connectivity index (χ0v) is 9.65. The molecule has 0 atom stereocenters. The van der Waals surface area contributed by atoms with Gasteiger partial charge in [-0.05, 0) is 13.1 Å². The smallest absolute Gasteiger partial charge is 0 e. The van der Waals surface area contributed by atoms with Crippen LogP contribution in [0.15, 0.2) is 48.5 Å². The van der Waals surface area contributed by atoms with E-state index in [0.29, 0.717) is 13.1 Å². The van der Waals surface area contributed by atoms with E-state index in [-0.39, 0.29) is 17.1 Å². The molecule has 0 aromatic heterocycles. The Morgan fingerprint density at radius 2 is 1.60 bits per heavy atom. The van der Waals surface area contributed by atoms with Gasteiger partial charge in [-0.2, -0.15) is 11.6 Å². The van der Waals surface area contributed by atoms with Gasteiger partial charge < -0.3 is 41.8 Å². The molecule has 2 nitrogen and oxygen atoms in total. The molecule has 3 heteroatoms. The van der Waals surface area contributed by atoms with Crippen LogP contribution in [0.2, 0.25) is 0 Å². The summed E-state index contributed by atoms with van der Waals surface area (Å²) in [6, 6.07) is 16.0. The zero-order valence-electron chi connectivity index (χ0n) is 8.54. The van der Waals surface area contributed by atoms with Crippen LogP contribution in [-0.2, 0) is 30.2 Å². The summed E-state index contributed by atoms with van der Waals surface area (Å²) in [6.07, 6.45) is 0. The average Bonchev–Trinajstić information content (AvgIpc) is 2.91. The molecule has 0 fully saturated rings. The third-order valence-corrected chi connectivity index (χ3v) is 2.00. The van der Waals surface area contributed by atoms with Crippen molar-refractivity contribution < 1.29 is 17.1 Å². The second kappa shape index (κ2) is 8.45. The van der Waals surface area contributed by atoms with Gasteiger partial charge in [0, 0.05) is 17.1 Å². The van der Waals surface area contributed by atoms with Gasteiger partial charge in [0.25, 0.3) is 0 Å². The summed E-state index contributed by atoms with van der Waals surface area (Å²) in [6.45, 7) is 1.19. The monoisotopic (exact) mass is 244 g/mol. The second-order valence-electron chi connectivity index (χ2n) is 2.95. The molecule has 2 aromatic carbocycles. The maximum Gasteiger partial charge on any atom is 0 e. The number of rotatable bonds is 2. The molecule has 0 saturated heterocycles. The SMILES string of the molecule is NCc1ccc[c-]1CN.[Fe].[cH-]1[cH-][cH-][cH-][cH-]1. The van der Waals surface area contributed by atoms with E-state index < -0.39 is 0 Å². The summed E-state index contributed by atoms with van der Waals surface area (Å²) in [7, 11) is 0. The van der Waals surface area contributed by atoms with Crippen LogP contribution < -0.4 is 11.5 Å². The Kier molecular flexibility index (Phi) is 7.96. The van der Waals surface area contributed by atoms with Gasteiger partial charge in [0.05, 0.1) is 0 Å². The van der Waals surface area contributed by atoms with Crippen molar-refractivity contribution in [1.29, 1.82) is 0 Å². The molecule has 0 aliphatic carbocycles. The molecule has 2 rings (SSSR count). The second-order valence-corrected chi connectivity index (χ2v) is 2.95. The van der Waals surface area contributed by atoms with E-state index >= 15 is 0 Å². The van der Waals surface area contributed by atoms with E-state index in [1.165, 1.54) is 0 Å². The molecule has 0 heterocycles. The zero-order chi connectivity index (χ0) is 10.2. The Bertz CT molecular complexity index is 289. The molecule has 88 valence electrons. The Morgan fingerprint density at radius 3 is 1.93 bits per heavy atom. The molecular formula is C12H16FeN2-6. The van der Waals surface area contributed by atoms with E-state index in [1.807, 2.05) is 48.5 Å². The van der Waals surface area contributed by atoms with E-state index in [9.17, 15) is 0 Å². The van der Waals surface area contributed by atoms with Gasteiger partial charge in [0.1, 0.15) is 0 Å². The predicted molar refractivity (Wildman–Crippen MR) is 59.9 cm³/mol. The normalized spacial score (nSPS) is 8.67. The summed E-state index contributed by atoms with van der Waals surface area (Å²) in [4.78, 5) is 0. The fraction of sp³-hybridized carbons (Fsp3) is 0.167.